The zero-order chi connectivity index (χ0) is 15.7. The Balaban J connectivity index is 2.53. The van der Waals surface area contributed by atoms with E-state index in [1.54, 1.807) is 0 Å². The number of aromatic nitrogens is 2. The van der Waals surface area contributed by atoms with Gasteiger partial charge in [0.2, 0.25) is 0 Å². The van der Waals surface area contributed by atoms with Crippen molar-refractivity contribution in [2.24, 2.45) is 0 Å². The number of H-pyrrole nitrogens is 1. The fourth-order valence-electron chi connectivity index (χ4n) is 1.90. The molecule has 0 aliphatic carbocycles. The number of nitrogens with one attached hydrogen (secondary N) is 1. The molecule has 2 N–H and O–H groups in total. The van der Waals surface area contributed by atoms with E-state index >= 15 is 0 Å². The van der Waals surface area contributed by atoms with E-state index in [1.165, 1.54) is 13.8 Å². The normalized spacial score (nSPS) is 10.6. The standard InChI is InChI=1S/C14H13FN2O4/c1-7-8(2)13(19)17(16-12(7)18)6-10-5-9(14(20)21)3-4-11(10)15/h3-5H,6H2,1-2H3,(H,16,18)(H,20,21). The van der Waals surface area contributed by atoms with E-state index in [-0.39, 0.29) is 23.2 Å². The molecule has 0 amide bonds. The van der Waals surface area contributed by atoms with Crippen LogP contribution in [0.25, 0.3) is 0 Å². The van der Waals surface area contributed by atoms with Crippen molar-refractivity contribution >= 4 is 5.97 Å². The van der Waals surface area contributed by atoms with Crippen LogP contribution in [-0.2, 0) is 6.54 Å². The van der Waals surface area contributed by atoms with Crippen LogP contribution in [0.4, 0.5) is 4.39 Å². The summed E-state index contributed by atoms with van der Waals surface area (Å²) in [5.41, 5.74) is -0.403. The fourth-order valence-corrected chi connectivity index (χ4v) is 1.90. The van der Waals surface area contributed by atoms with Gasteiger partial charge in [-0.15, -0.1) is 0 Å². The van der Waals surface area contributed by atoms with Crippen LogP contribution in [0.5, 0.6) is 0 Å². The number of carboxylic acids is 1. The molecule has 0 unspecified atom stereocenters. The van der Waals surface area contributed by atoms with E-state index in [0.29, 0.717) is 5.56 Å². The monoisotopic (exact) mass is 292 g/mol. The topological polar surface area (TPSA) is 92.2 Å². The van der Waals surface area contributed by atoms with Crippen molar-refractivity contribution in [3.8, 4) is 0 Å². The molecule has 1 aromatic heterocycles. The smallest absolute Gasteiger partial charge is 0.335 e. The van der Waals surface area contributed by atoms with Crippen LogP contribution in [0.15, 0.2) is 27.8 Å². The Morgan fingerprint density at radius 3 is 2.57 bits per heavy atom. The van der Waals surface area contributed by atoms with Crippen LogP contribution in [0.3, 0.4) is 0 Å². The molecule has 21 heavy (non-hydrogen) atoms. The highest BCUT2D eigenvalue weighted by molar-refractivity contribution is 5.87. The number of nitrogens with zero attached hydrogens (tertiary/aromatic N) is 1. The molecule has 0 fully saturated rings. The molecular formula is C14H13FN2O4. The van der Waals surface area contributed by atoms with Gasteiger partial charge in [-0.2, -0.15) is 0 Å². The highest BCUT2D eigenvalue weighted by atomic mass is 19.1. The molecule has 0 spiro atoms. The zero-order valence-corrected chi connectivity index (χ0v) is 11.4. The molecule has 0 saturated carbocycles. The molecule has 1 aromatic carbocycles. The number of carboxylic acid groups (broad SMARTS) is 1. The van der Waals surface area contributed by atoms with Gasteiger partial charge in [-0.3, -0.25) is 14.7 Å². The highest BCUT2D eigenvalue weighted by Crippen LogP contribution is 2.11. The Hall–Kier alpha value is -2.70. The lowest BCUT2D eigenvalue weighted by molar-refractivity contribution is 0.0696. The third-order valence-corrected chi connectivity index (χ3v) is 3.33. The summed E-state index contributed by atoms with van der Waals surface area (Å²) < 4.78 is 14.7. The number of benzene rings is 1. The van der Waals surface area contributed by atoms with Gasteiger partial charge in [-0.25, -0.2) is 13.9 Å². The predicted octanol–water partition coefficient (Wildman–Crippen LogP) is 1.04. The number of aromatic amines is 1. The first-order valence-corrected chi connectivity index (χ1v) is 6.13. The largest absolute Gasteiger partial charge is 0.478 e. The maximum atomic E-state index is 13.7. The Morgan fingerprint density at radius 1 is 1.29 bits per heavy atom. The highest BCUT2D eigenvalue weighted by Gasteiger charge is 2.12. The molecule has 110 valence electrons. The minimum absolute atomic E-state index is 0.0101. The zero-order valence-electron chi connectivity index (χ0n) is 11.4. The number of halogens is 1. The second kappa shape index (κ2) is 5.35. The van der Waals surface area contributed by atoms with E-state index in [2.05, 4.69) is 5.10 Å². The van der Waals surface area contributed by atoms with Gasteiger partial charge in [0.25, 0.3) is 11.1 Å². The number of carbonyl (C=O) groups is 1. The Kier molecular flexibility index (Phi) is 3.75. The fraction of sp³-hybridized carbons (Fsp3) is 0.214. The minimum Gasteiger partial charge on any atom is -0.478 e. The van der Waals surface area contributed by atoms with Gasteiger partial charge in [0.15, 0.2) is 0 Å². The third-order valence-electron chi connectivity index (χ3n) is 3.33. The van der Waals surface area contributed by atoms with Gasteiger partial charge >= 0.3 is 5.97 Å². The Labute approximate surface area is 118 Å². The summed E-state index contributed by atoms with van der Waals surface area (Å²) in [7, 11) is 0. The van der Waals surface area contributed by atoms with E-state index in [0.717, 1.165) is 22.9 Å². The molecule has 6 nitrogen and oxygen atoms in total. The average molecular weight is 292 g/mol. The summed E-state index contributed by atoms with van der Waals surface area (Å²) in [6.07, 6.45) is 0. The summed E-state index contributed by atoms with van der Waals surface area (Å²) >= 11 is 0. The van der Waals surface area contributed by atoms with Crippen LogP contribution in [-0.4, -0.2) is 20.9 Å². The van der Waals surface area contributed by atoms with Crippen molar-refractivity contribution in [1.29, 1.82) is 0 Å². The third kappa shape index (κ3) is 2.76. The second-order valence-electron chi connectivity index (χ2n) is 4.69. The summed E-state index contributed by atoms with van der Waals surface area (Å²) in [4.78, 5) is 34.6. The molecule has 2 aromatic rings. The molecule has 2 rings (SSSR count). The molecule has 0 saturated heterocycles. The summed E-state index contributed by atoms with van der Waals surface area (Å²) in [6.45, 7) is 2.78. The lowest BCUT2D eigenvalue weighted by atomic mass is 10.1. The van der Waals surface area contributed by atoms with Gasteiger partial charge in [0, 0.05) is 16.7 Å². The molecule has 0 bridgehead atoms. The summed E-state index contributed by atoms with van der Waals surface area (Å²) in [5, 5.41) is 11.2. The van der Waals surface area contributed by atoms with Crippen molar-refractivity contribution in [2.75, 3.05) is 0 Å². The Bertz CT molecular complexity index is 836. The van der Waals surface area contributed by atoms with Crippen LogP contribution in [0.1, 0.15) is 27.0 Å². The SMILES string of the molecule is Cc1c(C)c(=O)n(Cc2cc(C(=O)O)ccc2F)[nH]c1=O. The molecule has 0 atom stereocenters. The summed E-state index contributed by atoms with van der Waals surface area (Å²) in [6, 6.07) is 3.29. The van der Waals surface area contributed by atoms with Crippen molar-refractivity contribution < 1.29 is 14.3 Å². The van der Waals surface area contributed by atoms with Gasteiger partial charge < -0.3 is 5.11 Å². The first kappa shape index (κ1) is 14.7. The van der Waals surface area contributed by atoms with Crippen LogP contribution in [0.2, 0.25) is 0 Å². The number of aromatic carboxylic acids is 1. The van der Waals surface area contributed by atoms with Crippen molar-refractivity contribution in [1.82, 2.24) is 9.78 Å². The number of hydrogen-bond acceptors (Lipinski definition) is 3. The van der Waals surface area contributed by atoms with E-state index in [4.69, 9.17) is 5.11 Å². The molecule has 7 heteroatoms. The van der Waals surface area contributed by atoms with Gasteiger partial charge in [-0.1, -0.05) is 0 Å². The number of hydrogen-bond donors (Lipinski definition) is 2. The maximum absolute atomic E-state index is 13.7. The predicted molar refractivity (Wildman–Crippen MR) is 73.3 cm³/mol. The van der Waals surface area contributed by atoms with Crippen LogP contribution < -0.4 is 11.1 Å². The summed E-state index contributed by atoms with van der Waals surface area (Å²) in [5.74, 6) is -1.84. The molecular weight excluding hydrogens is 279 g/mol. The van der Waals surface area contributed by atoms with E-state index in [1.807, 2.05) is 0 Å². The first-order chi connectivity index (χ1) is 9.81. The van der Waals surface area contributed by atoms with E-state index < -0.39 is 22.9 Å². The Morgan fingerprint density at radius 2 is 1.95 bits per heavy atom. The van der Waals surface area contributed by atoms with Crippen molar-refractivity contribution in [2.45, 2.75) is 20.4 Å². The molecule has 0 aliphatic rings. The maximum Gasteiger partial charge on any atom is 0.335 e. The first-order valence-electron chi connectivity index (χ1n) is 6.13. The quantitative estimate of drug-likeness (QED) is 0.884. The van der Waals surface area contributed by atoms with Crippen LogP contribution in [0, 0.1) is 19.7 Å². The minimum atomic E-state index is -1.20. The molecule has 1 heterocycles. The number of rotatable bonds is 3. The van der Waals surface area contributed by atoms with Crippen molar-refractivity contribution in [3.63, 3.8) is 0 Å². The van der Waals surface area contributed by atoms with Gasteiger partial charge in [0.05, 0.1) is 12.1 Å². The second-order valence-corrected chi connectivity index (χ2v) is 4.69. The van der Waals surface area contributed by atoms with E-state index in [9.17, 15) is 18.8 Å². The van der Waals surface area contributed by atoms with Crippen LogP contribution >= 0.6 is 0 Å². The lowest BCUT2D eigenvalue weighted by Gasteiger charge is -2.09. The average Bonchev–Trinajstić information content (AvgIpc) is 2.44. The molecule has 0 aliphatic heterocycles. The van der Waals surface area contributed by atoms with Gasteiger partial charge in [0.1, 0.15) is 5.82 Å². The lowest BCUT2D eigenvalue weighted by Crippen LogP contribution is -2.33. The van der Waals surface area contributed by atoms with Gasteiger partial charge in [-0.05, 0) is 32.0 Å². The van der Waals surface area contributed by atoms with Crippen molar-refractivity contribution in [3.05, 3.63) is 67.0 Å². The molecule has 0 radical (unpaired) electrons.